The van der Waals surface area contributed by atoms with E-state index in [4.69, 9.17) is 9.47 Å². The van der Waals surface area contributed by atoms with Crippen molar-refractivity contribution in [2.24, 2.45) is 0 Å². The van der Waals surface area contributed by atoms with E-state index in [0.717, 1.165) is 70.6 Å². The summed E-state index contributed by atoms with van der Waals surface area (Å²) in [4.78, 5) is 47.9. The van der Waals surface area contributed by atoms with Gasteiger partial charge in [0.15, 0.2) is 5.25 Å². The first-order valence-corrected chi connectivity index (χ1v) is 15.8. The maximum atomic E-state index is 11.9. The third kappa shape index (κ3) is 16.1. The second-order valence-electron chi connectivity index (χ2n) is 9.80. The van der Waals surface area contributed by atoms with Crippen LogP contribution in [0.3, 0.4) is 0 Å². The van der Waals surface area contributed by atoms with Crippen LogP contribution in [0.25, 0.3) is 0 Å². The first-order chi connectivity index (χ1) is 18.6. The zero-order valence-corrected chi connectivity index (χ0v) is 27.3. The number of carbonyl (C=O) groups is 2. The number of nitrogens with one attached hydrogen (secondary N) is 1. The standard InChI is InChI=1S/C20H38O7S.C6H9N3O2.Na/c1-3-5-7-9-11-13-15-26-19(21)17-18(28(23,24)25)20(22)27-16-14-12-10-8-6-4-2;10-5-7-6(11)9-4-2-1-3-8(5)9;/h18H,3-17H2,1-2H3,(H,23,24,25);1-4H2,(H,7,10,11);/q;;+1/p-1. The van der Waals surface area contributed by atoms with Gasteiger partial charge in [-0.15, -0.1) is 0 Å². The molecule has 0 amide bonds. The molecule has 14 heteroatoms. The van der Waals surface area contributed by atoms with E-state index in [9.17, 15) is 32.1 Å². The smallest absolute Gasteiger partial charge is 0.747 e. The first kappa shape index (κ1) is 38.6. The Labute approximate surface area is 259 Å². The van der Waals surface area contributed by atoms with E-state index in [1.165, 1.54) is 15.8 Å². The third-order valence-corrected chi connectivity index (χ3v) is 7.49. The summed E-state index contributed by atoms with van der Waals surface area (Å²) in [6, 6.07) is 0. The number of fused-ring (bicyclic) bond motifs is 1. The number of carbonyl (C=O) groups excluding carboxylic acids is 2. The number of hydrogen-bond donors (Lipinski definition) is 1. The Morgan fingerprint density at radius 2 is 1.23 bits per heavy atom. The topological polar surface area (TPSA) is 170 Å². The van der Waals surface area contributed by atoms with Gasteiger partial charge in [-0.05, 0) is 25.7 Å². The average Bonchev–Trinajstić information content (AvgIpc) is 3.19. The summed E-state index contributed by atoms with van der Waals surface area (Å²) < 4.78 is 46.8. The summed E-state index contributed by atoms with van der Waals surface area (Å²) >= 11 is 0. The maximum Gasteiger partial charge on any atom is 1.00 e. The summed E-state index contributed by atoms with van der Waals surface area (Å²) in [5, 5.41) is -2.04. The van der Waals surface area contributed by atoms with E-state index in [0.29, 0.717) is 25.9 Å². The molecule has 0 radical (unpaired) electrons. The van der Waals surface area contributed by atoms with Crippen LogP contribution in [0.2, 0.25) is 0 Å². The maximum absolute atomic E-state index is 11.9. The van der Waals surface area contributed by atoms with Gasteiger partial charge in [0.2, 0.25) is 0 Å². The van der Waals surface area contributed by atoms with Gasteiger partial charge in [-0.3, -0.25) is 14.6 Å². The van der Waals surface area contributed by atoms with E-state index in [1.807, 2.05) is 0 Å². The molecule has 1 aliphatic heterocycles. The van der Waals surface area contributed by atoms with Crippen LogP contribution >= 0.6 is 0 Å². The molecule has 0 fully saturated rings. The third-order valence-electron chi connectivity index (χ3n) is 6.43. The molecule has 0 aliphatic carbocycles. The fourth-order valence-corrected chi connectivity index (χ4v) is 4.78. The summed E-state index contributed by atoms with van der Waals surface area (Å²) in [7, 11) is -4.98. The normalized spacial score (nSPS) is 13.3. The fraction of sp³-hybridized carbons (Fsp3) is 0.846. The second-order valence-corrected chi connectivity index (χ2v) is 11.4. The van der Waals surface area contributed by atoms with E-state index in [-0.39, 0.29) is 54.2 Å². The number of H-pyrrole nitrogens is 1. The molecule has 0 saturated carbocycles. The Hall–Kier alpha value is -1.41. The summed E-state index contributed by atoms with van der Waals surface area (Å²) in [6.45, 7) is 5.77. The molecule has 12 nitrogen and oxygen atoms in total. The molecule has 0 bridgehead atoms. The average molecular weight is 600 g/mol. The molecule has 2 heterocycles. The Morgan fingerprint density at radius 1 is 0.800 bits per heavy atom. The minimum atomic E-state index is -4.98. The number of aromatic amines is 1. The predicted molar refractivity (Wildman–Crippen MR) is 145 cm³/mol. The molecule has 226 valence electrons. The molecule has 1 atom stereocenters. The van der Waals surface area contributed by atoms with Crippen LogP contribution in [0.1, 0.15) is 110 Å². The van der Waals surface area contributed by atoms with Crippen molar-refractivity contribution in [2.45, 2.75) is 128 Å². The summed E-state index contributed by atoms with van der Waals surface area (Å²) in [6.07, 6.45) is 13.1. The van der Waals surface area contributed by atoms with Gasteiger partial charge in [0.1, 0.15) is 10.1 Å². The monoisotopic (exact) mass is 599 g/mol. The number of aromatic nitrogens is 3. The SMILES string of the molecule is CCCCCCCCOC(=O)CC(C(=O)OCCCCCCCC)S(=O)(=O)[O-].O=c1[nH]c(=O)n2n1CCCC2.[Na+]. The zero-order chi connectivity index (χ0) is 29.1. The Balaban J connectivity index is 0.00000104. The quantitative estimate of drug-likeness (QED) is 0.107. The van der Waals surface area contributed by atoms with Crippen molar-refractivity contribution in [3.63, 3.8) is 0 Å². The molecule has 2 rings (SSSR count). The van der Waals surface area contributed by atoms with Crippen LogP contribution in [0.15, 0.2) is 9.59 Å². The molecule has 1 unspecified atom stereocenters. The zero-order valence-electron chi connectivity index (χ0n) is 24.5. The number of hydrogen-bond acceptors (Lipinski definition) is 9. The van der Waals surface area contributed by atoms with Crippen molar-refractivity contribution in [1.29, 1.82) is 0 Å². The summed E-state index contributed by atoms with van der Waals surface area (Å²) in [5.41, 5.74) is -0.565. The van der Waals surface area contributed by atoms with Crippen molar-refractivity contribution in [3.05, 3.63) is 21.0 Å². The van der Waals surface area contributed by atoms with Gasteiger partial charge in [-0.1, -0.05) is 78.1 Å². The molecule has 1 N–H and O–H groups in total. The van der Waals surface area contributed by atoms with E-state index in [2.05, 4.69) is 18.8 Å². The van der Waals surface area contributed by atoms with Crippen molar-refractivity contribution in [2.75, 3.05) is 13.2 Å². The van der Waals surface area contributed by atoms with Crippen LogP contribution in [-0.4, -0.2) is 57.7 Å². The van der Waals surface area contributed by atoms with Crippen LogP contribution in [-0.2, 0) is 42.3 Å². The molecule has 1 aromatic rings. The van der Waals surface area contributed by atoms with Crippen molar-refractivity contribution in [1.82, 2.24) is 14.3 Å². The van der Waals surface area contributed by atoms with Gasteiger partial charge in [0, 0.05) is 13.1 Å². The summed E-state index contributed by atoms with van der Waals surface area (Å²) in [5.74, 6) is -2.03. The largest absolute Gasteiger partial charge is 1.00 e. The van der Waals surface area contributed by atoms with Crippen LogP contribution in [0.5, 0.6) is 0 Å². The molecular formula is C26H46N3NaO9S. The molecule has 1 aliphatic rings. The molecule has 40 heavy (non-hydrogen) atoms. The minimum Gasteiger partial charge on any atom is -0.747 e. The molecule has 0 aromatic carbocycles. The second kappa shape index (κ2) is 22.2. The van der Waals surface area contributed by atoms with Crippen molar-refractivity contribution in [3.8, 4) is 0 Å². The van der Waals surface area contributed by atoms with Crippen molar-refractivity contribution < 1.29 is 61.6 Å². The minimum absolute atomic E-state index is 0. The molecule has 0 spiro atoms. The Bertz CT molecular complexity index is 1030. The van der Waals surface area contributed by atoms with Crippen LogP contribution in [0.4, 0.5) is 0 Å². The number of rotatable bonds is 18. The number of ether oxygens (including phenoxy) is 2. The van der Waals surface area contributed by atoms with Crippen LogP contribution < -0.4 is 40.9 Å². The molecule has 0 saturated heterocycles. The fourth-order valence-electron chi connectivity index (χ4n) is 4.14. The molecule has 1 aromatic heterocycles. The van der Waals surface area contributed by atoms with Gasteiger partial charge in [-0.25, -0.2) is 27.4 Å². The number of nitrogens with zero attached hydrogens (tertiary/aromatic N) is 2. The first-order valence-electron chi connectivity index (χ1n) is 14.3. The van der Waals surface area contributed by atoms with Crippen molar-refractivity contribution >= 4 is 22.1 Å². The predicted octanol–water partition coefficient (Wildman–Crippen LogP) is 0.234. The van der Waals surface area contributed by atoms with E-state index >= 15 is 0 Å². The van der Waals surface area contributed by atoms with E-state index < -0.39 is 33.7 Å². The molecular weight excluding hydrogens is 553 g/mol. The van der Waals surface area contributed by atoms with Gasteiger partial charge in [0.05, 0.1) is 19.6 Å². The van der Waals surface area contributed by atoms with Gasteiger partial charge < -0.3 is 14.0 Å². The van der Waals surface area contributed by atoms with Gasteiger partial charge in [-0.2, -0.15) is 0 Å². The number of esters is 2. The van der Waals surface area contributed by atoms with Gasteiger partial charge >= 0.3 is 52.9 Å². The Morgan fingerprint density at radius 3 is 1.68 bits per heavy atom. The number of unbranched alkanes of at least 4 members (excludes halogenated alkanes) is 10. The van der Waals surface area contributed by atoms with E-state index in [1.54, 1.807) is 0 Å². The van der Waals surface area contributed by atoms with Crippen LogP contribution in [0, 0.1) is 0 Å². The van der Waals surface area contributed by atoms with Gasteiger partial charge in [0.25, 0.3) is 0 Å². The Kier molecular flexibility index (Phi) is 21.4.